The van der Waals surface area contributed by atoms with Crippen LogP contribution in [0.5, 0.6) is 0 Å². The van der Waals surface area contributed by atoms with Gasteiger partial charge in [-0.15, -0.1) is 11.6 Å². The zero-order valence-electron chi connectivity index (χ0n) is 12.3. The highest BCUT2D eigenvalue weighted by Gasteiger charge is 2.29. The van der Waals surface area contributed by atoms with Crippen molar-refractivity contribution in [1.82, 2.24) is 9.55 Å². The SMILES string of the molecule is COC1CCC(n2c(C(C)Cl)nc3ccccc3c2=O)C1. The number of nitrogens with zero attached hydrogens (tertiary/aromatic N) is 2. The Balaban J connectivity index is 2.18. The minimum atomic E-state index is -0.302. The number of fused-ring (bicyclic) bond motifs is 1. The maximum Gasteiger partial charge on any atom is 0.261 e. The van der Waals surface area contributed by atoms with E-state index in [1.807, 2.05) is 31.2 Å². The van der Waals surface area contributed by atoms with E-state index in [1.165, 1.54) is 0 Å². The van der Waals surface area contributed by atoms with Crippen molar-refractivity contribution in [3.05, 3.63) is 40.4 Å². The fourth-order valence-electron chi connectivity index (χ4n) is 3.16. The third kappa shape index (κ3) is 2.58. The molecule has 1 aromatic carbocycles. The van der Waals surface area contributed by atoms with E-state index >= 15 is 0 Å². The molecule has 4 nitrogen and oxygen atoms in total. The molecule has 0 amide bonds. The topological polar surface area (TPSA) is 44.1 Å². The minimum Gasteiger partial charge on any atom is -0.381 e. The summed E-state index contributed by atoms with van der Waals surface area (Å²) in [6.45, 7) is 1.86. The van der Waals surface area contributed by atoms with Gasteiger partial charge in [-0.2, -0.15) is 0 Å². The third-order valence-corrected chi connectivity index (χ3v) is 4.44. The van der Waals surface area contributed by atoms with Crippen LogP contribution in [0.1, 0.15) is 43.4 Å². The average molecular weight is 307 g/mol. The summed E-state index contributed by atoms with van der Waals surface area (Å²) in [7, 11) is 1.72. The molecule has 0 spiro atoms. The van der Waals surface area contributed by atoms with Crippen molar-refractivity contribution >= 4 is 22.5 Å². The smallest absolute Gasteiger partial charge is 0.261 e. The first-order valence-electron chi connectivity index (χ1n) is 7.30. The number of benzene rings is 1. The highest BCUT2D eigenvalue weighted by atomic mass is 35.5. The Labute approximate surface area is 128 Å². The molecular formula is C16H19ClN2O2. The van der Waals surface area contributed by atoms with Gasteiger partial charge in [0.15, 0.2) is 0 Å². The Hall–Kier alpha value is -1.39. The van der Waals surface area contributed by atoms with Crippen LogP contribution in [0, 0.1) is 0 Å². The summed E-state index contributed by atoms with van der Waals surface area (Å²) in [6.07, 6.45) is 2.95. The van der Waals surface area contributed by atoms with Gasteiger partial charge in [0.2, 0.25) is 0 Å². The zero-order chi connectivity index (χ0) is 15.0. The van der Waals surface area contributed by atoms with Crippen LogP contribution in [0.25, 0.3) is 10.9 Å². The maximum atomic E-state index is 12.9. The van der Waals surface area contributed by atoms with Crippen LogP contribution in [-0.4, -0.2) is 22.8 Å². The molecule has 3 atom stereocenters. The first kappa shape index (κ1) is 14.5. The number of alkyl halides is 1. The van der Waals surface area contributed by atoms with Gasteiger partial charge < -0.3 is 4.74 Å². The van der Waals surface area contributed by atoms with Crippen LogP contribution < -0.4 is 5.56 Å². The quantitative estimate of drug-likeness (QED) is 0.816. The Kier molecular flexibility index (Phi) is 4.00. The molecule has 3 unspecified atom stereocenters. The van der Waals surface area contributed by atoms with Crippen molar-refractivity contribution in [2.45, 2.75) is 43.7 Å². The molecule has 1 saturated carbocycles. The summed E-state index contributed by atoms with van der Waals surface area (Å²) in [6, 6.07) is 7.56. The summed E-state index contributed by atoms with van der Waals surface area (Å²) in [5, 5.41) is 0.350. The van der Waals surface area contributed by atoms with Crippen LogP contribution in [0.4, 0.5) is 0 Å². The largest absolute Gasteiger partial charge is 0.381 e. The standard InChI is InChI=1S/C16H19ClN2O2/c1-10(17)15-18-14-6-4-3-5-13(14)16(20)19(15)11-7-8-12(9-11)21-2/h3-6,10-12H,7-9H2,1-2H3. The number of rotatable bonds is 3. The summed E-state index contributed by atoms with van der Waals surface area (Å²) in [5.74, 6) is 0.655. The van der Waals surface area contributed by atoms with Gasteiger partial charge in [-0.3, -0.25) is 9.36 Å². The lowest BCUT2D eigenvalue weighted by Gasteiger charge is -2.20. The summed E-state index contributed by atoms with van der Waals surface area (Å²) >= 11 is 6.28. The molecule has 1 aliphatic carbocycles. The Bertz CT molecular complexity index is 711. The van der Waals surface area contributed by atoms with E-state index in [-0.39, 0.29) is 23.1 Å². The number of halogens is 1. The van der Waals surface area contributed by atoms with Crippen LogP contribution >= 0.6 is 11.6 Å². The van der Waals surface area contributed by atoms with Gasteiger partial charge in [0.1, 0.15) is 5.82 Å². The predicted octanol–water partition coefficient (Wildman–Crippen LogP) is 3.44. The third-order valence-electron chi connectivity index (χ3n) is 4.25. The van der Waals surface area contributed by atoms with Gasteiger partial charge in [0.25, 0.3) is 5.56 Å². The maximum absolute atomic E-state index is 12.9. The molecular weight excluding hydrogens is 288 g/mol. The van der Waals surface area contributed by atoms with Crippen LogP contribution in [0.3, 0.4) is 0 Å². The summed E-state index contributed by atoms with van der Waals surface area (Å²) < 4.78 is 7.21. The lowest BCUT2D eigenvalue weighted by Crippen LogP contribution is -2.29. The zero-order valence-corrected chi connectivity index (χ0v) is 13.0. The molecule has 1 fully saturated rings. The molecule has 0 aliphatic heterocycles. The van der Waals surface area contributed by atoms with Gasteiger partial charge in [-0.05, 0) is 38.3 Å². The van der Waals surface area contributed by atoms with E-state index in [0.717, 1.165) is 19.3 Å². The van der Waals surface area contributed by atoms with Gasteiger partial charge in [-0.1, -0.05) is 12.1 Å². The van der Waals surface area contributed by atoms with Crippen LogP contribution in [-0.2, 0) is 4.74 Å². The molecule has 1 aromatic heterocycles. The van der Waals surface area contributed by atoms with Crippen molar-refractivity contribution in [3.8, 4) is 0 Å². The lowest BCUT2D eigenvalue weighted by molar-refractivity contribution is 0.105. The molecule has 2 aromatic rings. The number of hydrogen-bond acceptors (Lipinski definition) is 3. The molecule has 3 rings (SSSR count). The highest BCUT2D eigenvalue weighted by molar-refractivity contribution is 6.20. The van der Waals surface area contributed by atoms with Gasteiger partial charge >= 0.3 is 0 Å². The van der Waals surface area contributed by atoms with E-state index < -0.39 is 0 Å². The Morgan fingerprint density at radius 3 is 2.81 bits per heavy atom. The second-order valence-electron chi connectivity index (χ2n) is 5.60. The second-order valence-corrected chi connectivity index (χ2v) is 6.26. The predicted molar refractivity (Wildman–Crippen MR) is 84.0 cm³/mol. The average Bonchev–Trinajstić information content (AvgIpc) is 2.95. The highest BCUT2D eigenvalue weighted by Crippen LogP contribution is 2.33. The van der Waals surface area contributed by atoms with Crippen molar-refractivity contribution in [2.24, 2.45) is 0 Å². The van der Waals surface area contributed by atoms with Crippen molar-refractivity contribution in [1.29, 1.82) is 0 Å². The molecule has 0 N–H and O–H groups in total. The lowest BCUT2D eigenvalue weighted by atomic mass is 10.2. The number of para-hydroxylation sites is 1. The molecule has 112 valence electrons. The van der Waals surface area contributed by atoms with E-state index in [9.17, 15) is 4.79 Å². The summed E-state index contributed by atoms with van der Waals surface area (Å²) in [4.78, 5) is 17.5. The molecule has 1 aliphatic rings. The second kappa shape index (κ2) is 5.78. The van der Waals surface area contributed by atoms with E-state index in [1.54, 1.807) is 11.7 Å². The van der Waals surface area contributed by atoms with E-state index in [0.29, 0.717) is 16.7 Å². The van der Waals surface area contributed by atoms with Crippen LogP contribution in [0.15, 0.2) is 29.1 Å². The van der Waals surface area contributed by atoms with Crippen molar-refractivity contribution < 1.29 is 4.74 Å². The fraction of sp³-hybridized carbons (Fsp3) is 0.500. The first-order valence-corrected chi connectivity index (χ1v) is 7.73. The minimum absolute atomic E-state index is 0.00449. The van der Waals surface area contributed by atoms with Gasteiger partial charge in [-0.25, -0.2) is 4.98 Å². The fourth-order valence-corrected chi connectivity index (χ4v) is 3.32. The summed E-state index contributed by atoms with van der Waals surface area (Å²) in [5.41, 5.74) is 0.715. The number of ether oxygens (including phenoxy) is 1. The van der Waals surface area contributed by atoms with E-state index in [4.69, 9.17) is 16.3 Å². The molecule has 1 heterocycles. The first-order chi connectivity index (χ1) is 10.1. The van der Waals surface area contributed by atoms with Crippen LogP contribution in [0.2, 0.25) is 0 Å². The molecule has 5 heteroatoms. The molecule has 0 radical (unpaired) electrons. The number of aromatic nitrogens is 2. The molecule has 0 bridgehead atoms. The van der Waals surface area contributed by atoms with Gasteiger partial charge in [0, 0.05) is 13.2 Å². The van der Waals surface area contributed by atoms with Crippen molar-refractivity contribution in [2.75, 3.05) is 7.11 Å². The number of hydrogen-bond donors (Lipinski definition) is 0. The van der Waals surface area contributed by atoms with Crippen molar-refractivity contribution in [3.63, 3.8) is 0 Å². The monoisotopic (exact) mass is 306 g/mol. The molecule has 0 saturated heterocycles. The normalized spacial score (nSPS) is 23.6. The Morgan fingerprint density at radius 2 is 2.14 bits per heavy atom. The number of methoxy groups -OCH3 is 1. The molecule has 21 heavy (non-hydrogen) atoms. The van der Waals surface area contributed by atoms with E-state index in [2.05, 4.69) is 4.98 Å². The van der Waals surface area contributed by atoms with Gasteiger partial charge in [0.05, 0.1) is 22.4 Å². The Morgan fingerprint density at radius 1 is 1.38 bits per heavy atom.